The number of rotatable bonds is 5. The molecule has 1 N–H and O–H groups in total. The van der Waals surface area contributed by atoms with Gasteiger partial charge in [0.1, 0.15) is 11.6 Å². The molecule has 0 radical (unpaired) electrons. The second kappa shape index (κ2) is 7.21. The highest BCUT2D eigenvalue weighted by molar-refractivity contribution is 6.31. The molecule has 1 unspecified atom stereocenters. The van der Waals surface area contributed by atoms with E-state index in [-0.39, 0.29) is 16.1 Å². The molecule has 2 aromatic rings. The van der Waals surface area contributed by atoms with E-state index in [2.05, 4.69) is 5.32 Å². The summed E-state index contributed by atoms with van der Waals surface area (Å²) >= 11 is 11.6. The average molecular weight is 330 g/mol. The van der Waals surface area contributed by atoms with E-state index in [4.69, 9.17) is 23.2 Å². The van der Waals surface area contributed by atoms with Gasteiger partial charge in [-0.1, -0.05) is 48.3 Å². The summed E-state index contributed by atoms with van der Waals surface area (Å²) in [5, 5.41) is 3.40. The van der Waals surface area contributed by atoms with Crippen LogP contribution < -0.4 is 5.32 Å². The fourth-order valence-electron chi connectivity index (χ4n) is 2.21. The van der Waals surface area contributed by atoms with Gasteiger partial charge in [-0.2, -0.15) is 0 Å². The summed E-state index contributed by atoms with van der Waals surface area (Å²) in [5.41, 5.74) is 1.32. The normalized spacial score (nSPS) is 12.4. The lowest BCUT2D eigenvalue weighted by Crippen LogP contribution is -2.23. The van der Waals surface area contributed by atoms with Crippen molar-refractivity contribution >= 4 is 23.2 Å². The molecule has 0 saturated carbocycles. The number of nitrogens with one attached hydrogen (secondary N) is 1. The van der Waals surface area contributed by atoms with Gasteiger partial charge < -0.3 is 5.32 Å². The molecule has 0 amide bonds. The molecule has 1 nitrogen and oxygen atoms in total. The molecule has 5 heteroatoms. The molecular weight excluding hydrogens is 315 g/mol. The smallest absolute Gasteiger partial charge is 0.145 e. The van der Waals surface area contributed by atoms with Crippen molar-refractivity contribution in [3.63, 3.8) is 0 Å². The van der Waals surface area contributed by atoms with Crippen LogP contribution in [0.1, 0.15) is 24.1 Å². The van der Waals surface area contributed by atoms with Crippen molar-refractivity contribution in [2.75, 3.05) is 6.54 Å². The number of hydrogen-bond acceptors (Lipinski definition) is 1. The molecule has 2 rings (SSSR count). The number of hydrogen-bond donors (Lipinski definition) is 1. The van der Waals surface area contributed by atoms with Gasteiger partial charge in [0.05, 0.1) is 10.0 Å². The summed E-state index contributed by atoms with van der Waals surface area (Å²) in [4.78, 5) is 0. The van der Waals surface area contributed by atoms with Crippen molar-refractivity contribution in [2.24, 2.45) is 0 Å². The lowest BCUT2D eigenvalue weighted by Gasteiger charge is -2.19. The zero-order chi connectivity index (χ0) is 15.4. The first-order valence-electron chi connectivity index (χ1n) is 6.64. The van der Waals surface area contributed by atoms with Gasteiger partial charge in [0.2, 0.25) is 0 Å². The monoisotopic (exact) mass is 329 g/mol. The summed E-state index contributed by atoms with van der Waals surface area (Å²) in [6, 6.07) is 9.27. The fraction of sp³-hybridized carbons (Fsp3) is 0.250. The predicted octanol–water partition coefficient (Wildman–Crippen LogP) is 5.16. The van der Waals surface area contributed by atoms with Crippen molar-refractivity contribution < 1.29 is 8.78 Å². The summed E-state index contributed by atoms with van der Waals surface area (Å²) in [5.74, 6) is -0.889. The largest absolute Gasteiger partial charge is 0.310 e. The van der Waals surface area contributed by atoms with E-state index in [1.165, 1.54) is 12.1 Å². The summed E-state index contributed by atoms with van der Waals surface area (Å²) < 4.78 is 27.3. The van der Waals surface area contributed by atoms with Gasteiger partial charge in [0.15, 0.2) is 0 Å². The molecule has 0 aliphatic rings. The molecule has 2 aromatic carbocycles. The van der Waals surface area contributed by atoms with Crippen LogP contribution in [0.3, 0.4) is 0 Å². The van der Waals surface area contributed by atoms with Crippen molar-refractivity contribution in [1.29, 1.82) is 0 Å². The van der Waals surface area contributed by atoms with Gasteiger partial charge in [-0.15, -0.1) is 0 Å². The molecule has 0 aromatic heterocycles. The maximum absolute atomic E-state index is 14.0. The third-order valence-electron chi connectivity index (χ3n) is 3.25. The second-order valence-electron chi connectivity index (χ2n) is 4.70. The highest BCUT2D eigenvalue weighted by Gasteiger charge is 2.16. The van der Waals surface area contributed by atoms with Gasteiger partial charge in [-0.05, 0) is 42.3 Å². The third-order valence-corrected chi connectivity index (χ3v) is 3.83. The molecule has 112 valence electrons. The van der Waals surface area contributed by atoms with Crippen LogP contribution in [0.5, 0.6) is 0 Å². The zero-order valence-corrected chi connectivity index (χ0v) is 13.0. The second-order valence-corrected chi connectivity index (χ2v) is 5.52. The molecule has 1 atom stereocenters. The minimum atomic E-state index is -0.468. The van der Waals surface area contributed by atoms with Crippen molar-refractivity contribution in [2.45, 2.75) is 19.4 Å². The van der Waals surface area contributed by atoms with Gasteiger partial charge in [-0.25, -0.2) is 8.78 Å². The lowest BCUT2D eigenvalue weighted by atomic mass is 9.98. The van der Waals surface area contributed by atoms with E-state index in [0.29, 0.717) is 18.5 Å². The van der Waals surface area contributed by atoms with Gasteiger partial charge >= 0.3 is 0 Å². The molecule has 0 aliphatic heterocycles. The number of likely N-dealkylation sites (N-methyl/N-ethyl adjacent to an activating group) is 1. The average Bonchev–Trinajstić information content (AvgIpc) is 2.46. The van der Waals surface area contributed by atoms with Crippen LogP contribution in [0.2, 0.25) is 10.0 Å². The maximum atomic E-state index is 14.0. The Morgan fingerprint density at radius 3 is 2.52 bits per heavy atom. The van der Waals surface area contributed by atoms with Crippen LogP contribution in [0.25, 0.3) is 0 Å². The molecular formula is C16H15Cl2F2N. The zero-order valence-electron chi connectivity index (χ0n) is 11.5. The first-order valence-corrected chi connectivity index (χ1v) is 7.39. The van der Waals surface area contributed by atoms with Crippen LogP contribution in [0.4, 0.5) is 8.78 Å². The Morgan fingerprint density at radius 2 is 1.86 bits per heavy atom. The Bertz CT molecular complexity index is 632. The summed E-state index contributed by atoms with van der Waals surface area (Å²) in [6.45, 7) is 2.65. The van der Waals surface area contributed by atoms with Crippen LogP contribution in [0, 0.1) is 11.6 Å². The van der Waals surface area contributed by atoms with E-state index in [1.54, 1.807) is 24.3 Å². The molecule has 21 heavy (non-hydrogen) atoms. The van der Waals surface area contributed by atoms with Crippen LogP contribution in [-0.4, -0.2) is 6.54 Å². The first kappa shape index (κ1) is 16.2. The quantitative estimate of drug-likeness (QED) is 0.798. The Morgan fingerprint density at radius 1 is 1.10 bits per heavy atom. The summed E-state index contributed by atoms with van der Waals surface area (Å²) in [6.07, 6.45) is 0.405. The van der Waals surface area contributed by atoms with Crippen molar-refractivity contribution in [3.05, 3.63) is 69.2 Å². The molecule has 0 aliphatic carbocycles. The lowest BCUT2D eigenvalue weighted by molar-refractivity contribution is 0.526. The Labute approximate surface area is 132 Å². The maximum Gasteiger partial charge on any atom is 0.145 e. The molecule has 0 fully saturated rings. The minimum absolute atomic E-state index is 0.0574. The highest BCUT2D eigenvalue weighted by atomic mass is 35.5. The van der Waals surface area contributed by atoms with Gasteiger partial charge in [0, 0.05) is 6.04 Å². The van der Waals surface area contributed by atoms with Gasteiger partial charge in [0.25, 0.3) is 0 Å². The first-order chi connectivity index (χ1) is 10.0. The van der Waals surface area contributed by atoms with Gasteiger partial charge in [-0.3, -0.25) is 0 Å². The van der Waals surface area contributed by atoms with Crippen LogP contribution >= 0.6 is 23.2 Å². The Balaban J connectivity index is 2.30. The van der Waals surface area contributed by atoms with E-state index in [0.717, 1.165) is 5.56 Å². The predicted molar refractivity (Wildman–Crippen MR) is 82.9 cm³/mol. The molecule has 0 bridgehead atoms. The van der Waals surface area contributed by atoms with Crippen molar-refractivity contribution in [1.82, 2.24) is 5.32 Å². The minimum Gasteiger partial charge on any atom is -0.310 e. The van der Waals surface area contributed by atoms with Crippen LogP contribution in [0.15, 0.2) is 36.4 Å². The standard InChI is InChI=1S/C16H15Cl2F2N/c1-2-21-15(10-6-7-14(19)13(18)8-10)9-11-4-3-5-12(17)16(11)20/h3-8,15,21H,2,9H2,1H3. The number of benzene rings is 2. The molecule has 0 spiro atoms. The topological polar surface area (TPSA) is 12.0 Å². The third kappa shape index (κ3) is 3.94. The fourth-order valence-corrected chi connectivity index (χ4v) is 2.59. The molecule has 0 saturated heterocycles. The highest BCUT2D eigenvalue weighted by Crippen LogP contribution is 2.26. The Hall–Kier alpha value is -1.16. The number of halogens is 4. The Kier molecular flexibility index (Phi) is 5.57. The van der Waals surface area contributed by atoms with E-state index in [9.17, 15) is 8.78 Å². The van der Waals surface area contributed by atoms with E-state index >= 15 is 0 Å². The van der Waals surface area contributed by atoms with Crippen LogP contribution in [-0.2, 0) is 6.42 Å². The summed E-state index contributed by atoms with van der Waals surface area (Å²) in [7, 11) is 0. The van der Waals surface area contributed by atoms with E-state index < -0.39 is 11.6 Å². The van der Waals surface area contributed by atoms with Crippen molar-refractivity contribution in [3.8, 4) is 0 Å². The van der Waals surface area contributed by atoms with E-state index in [1.807, 2.05) is 6.92 Å². The SMILES string of the molecule is CCNC(Cc1cccc(Cl)c1F)c1ccc(F)c(Cl)c1. The molecule has 0 heterocycles.